The van der Waals surface area contributed by atoms with E-state index in [0.717, 1.165) is 21.6 Å². The first-order chi connectivity index (χ1) is 18.9. The Morgan fingerprint density at radius 2 is 1.62 bits per heavy atom. The van der Waals surface area contributed by atoms with Crippen molar-refractivity contribution in [3.05, 3.63) is 76.3 Å². The van der Waals surface area contributed by atoms with E-state index in [2.05, 4.69) is 60.4 Å². The first-order valence-corrected chi connectivity index (χ1v) is 16.7. The van der Waals surface area contributed by atoms with Gasteiger partial charge in [0, 0.05) is 28.3 Å². The molecule has 1 unspecified atom stereocenters. The molecule has 0 saturated heterocycles. The van der Waals surface area contributed by atoms with Crippen LogP contribution in [0.2, 0.25) is 0 Å². The summed E-state index contributed by atoms with van der Waals surface area (Å²) in [6, 6.07) is 16.2. The molecule has 5 rings (SSSR count). The number of amidine groups is 1. The normalized spacial score (nSPS) is 19.3. The predicted molar refractivity (Wildman–Crippen MR) is 168 cm³/mol. The smallest absolute Gasteiger partial charge is 0.197 e. The van der Waals surface area contributed by atoms with Gasteiger partial charge in [0.1, 0.15) is 4.21 Å². The molecule has 1 N–H and O–H groups in total. The van der Waals surface area contributed by atoms with Crippen LogP contribution in [-0.2, 0) is 21.9 Å². The van der Waals surface area contributed by atoms with Crippen LogP contribution >= 0.6 is 11.3 Å². The Kier molecular flexibility index (Phi) is 8.12. The molecule has 210 valence electrons. The second-order valence-corrected chi connectivity index (χ2v) is 15.3. The highest BCUT2D eigenvalue weighted by atomic mass is 32.2. The summed E-state index contributed by atoms with van der Waals surface area (Å²) in [5.74, 6) is 8.81. The number of aliphatic hydroxyl groups is 1. The largest absolute Gasteiger partial charge is 0.386 e. The lowest BCUT2D eigenvalue weighted by Gasteiger charge is -2.22. The maximum Gasteiger partial charge on any atom is 0.197 e. The topological polar surface area (TPSA) is 62.0 Å². The fourth-order valence-corrected chi connectivity index (χ4v) is 8.76. The maximum absolute atomic E-state index is 13.8. The zero-order valence-electron chi connectivity index (χ0n) is 24.5. The quantitative estimate of drug-likeness (QED) is 0.288. The van der Waals surface area contributed by atoms with Gasteiger partial charge in [-0.25, -0.2) is 4.21 Å². The molecule has 2 heterocycles. The van der Waals surface area contributed by atoms with Crippen LogP contribution < -0.4 is 0 Å². The highest BCUT2D eigenvalue weighted by molar-refractivity contribution is 7.96. The lowest BCUT2D eigenvalue weighted by Crippen LogP contribution is -2.18. The zero-order valence-corrected chi connectivity index (χ0v) is 26.1. The Morgan fingerprint density at radius 1 is 1.02 bits per heavy atom. The maximum atomic E-state index is 13.8. The van der Waals surface area contributed by atoms with Crippen molar-refractivity contribution in [2.75, 3.05) is 0 Å². The van der Waals surface area contributed by atoms with E-state index < -0.39 is 15.5 Å². The number of nitrogens with zero attached hydrogens (tertiary/aromatic N) is 2. The summed E-state index contributed by atoms with van der Waals surface area (Å²) in [6.07, 6.45) is 5.57. The molecule has 6 heteroatoms. The van der Waals surface area contributed by atoms with Gasteiger partial charge < -0.3 is 5.11 Å². The molecule has 2 aliphatic rings. The minimum absolute atomic E-state index is 0.325. The molecule has 3 aromatic rings. The average molecular weight is 573 g/mol. The molecule has 0 amide bonds. The number of thiophene rings is 1. The molecule has 0 spiro atoms. The predicted octanol–water partition coefficient (Wildman–Crippen LogP) is 8.83. The molecule has 4 nitrogen and oxygen atoms in total. The first-order valence-electron chi connectivity index (χ1n) is 14.4. The molecule has 1 atom stereocenters. The van der Waals surface area contributed by atoms with Crippen LogP contribution in [0.25, 0.3) is 10.4 Å². The average Bonchev–Trinajstić information content (AvgIpc) is 3.57. The fourth-order valence-electron chi connectivity index (χ4n) is 5.64. The van der Waals surface area contributed by atoms with Gasteiger partial charge in [-0.3, -0.25) is 0 Å². The third-order valence-corrected chi connectivity index (χ3v) is 11.2. The Balaban J connectivity index is 1.47. The van der Waals surface area contributed by atoms with Crippen LogP contribution in [0.1, 0.15) is 107 Å². The van der Waals surface area contributed by atoms with Crippen molar-refractivity contribution in [1.82, 2.24) is 0 Å². The molecule has 1 saturated carbocycles. The third kappa shape index (κ3) is 5.98. The van der Waals surface area contributed by atoms with E-state index in [9.17, 15) is 9.32 Å². The van der Waals surface area contributed by atoms with Gasteiger partial charge in [-0.15, -0.1) is 11.3 Å². The Morgan fingerprint density at radius 3 is 2.17 bits per heavy atom. The minimum atomic E-state index is -2.90. The zero-order chi connectivity index (χ0) is 28.7. The van der Waals surface area contributed by atoms with Crippen molar-refractivity contribution in [3.8, 4) is 22.3 Å². The molecule has 1 fully saturated rings. The van der Waals surface area contributed by atoms with Crippen LogP contribution in [0.4, 0.5) is 0 Å². The standard InChI is InChI=1S/C34H40N2O2S2/c1-22(2)27-18-25(17-16-24-12-10-11-13-24)19-28(23(3)4)29(27)20-31-35-40(38,36-31)32-21-30(34(5,6)37)33(39-32)26-14-8-7-9-15-26/h7-9,14-15,18-19,21-24,37H,10-13,20H2,1-6H3. The minimum Gasteiger partial charge on any atom is -0.386 e. The molecule has 1 aliphatic heterocycles. The summed E-state index contributed by atoms with van der Waals surface area (Å²) in [4.78, 5) is 0.906. The van der Waals surface area contributed by atoms with Crippen LogP contribution in [0.15, 0.2) is 61.5 Å². The first kappa shape index (κ1) is 28.8. The SMILES string of the molecule is CC(C)c1cc(C#CC2CCCC2)cc(C(C)C)c1CC1=NS(=O)(c2cc(C(C)(C)O)c(-c3ccccc3)s2)=N1. The summed E-state index contributed by atoms with van der Waals surface area (Å²) < 4.78 is 23.7. The van der Waals surface area contributed by atoms with Crippen molar-refractivity contribution in [2.24, 2.45) is 14.7 Å². The molecule has 2 aromatic carbocycles. The van der Waals surface area contributed by atoms with E-state index in [1.54, 1.807) is 13.8 Å². The summed E-state index contributed by atoms with van der Waals surface area (Å²) >= 11 is 1.41. The van der Waals surface area contributed by atoms with E-state index in [1.165, 1.54) is 53.7 Å². The number of hydrogen-bond donors (Lipinski definition) is 1. The Hall–Kier alpha value is -2.72. The number of rotatable bonds is 7. The van der Waals surface area contributed by atoms with Crippen molar-refractivity contribution in [2.45, 2.75) is 95.3 Å². The molecular formula is C34H40N2O2S2. The lowest BCUT2D eigenvalue weighted by atomic mass is 9.85. The van der Waals surface area contributed by atoms with Gasteiger partial charge in [0.05, 0.1) is 5.60 Å². The van der Waals surface area contributed by atoms with Crippen LogP contribution in [0, 0.1) is 17.8 Å². The molecule has 0 bridgehead atoms. The van der Waals surface area contributed by atoms with Crippen molar-refractivity contribution < 1.29 is 9.32 Å². The molecule has 1 aliphatic carbocycles. The van der Waals surface area contributed by atoms with E-state index >= 15 is 0 Å². The summed E-state index contributed by atoms with van der Waals surface area (Å²) in [5, 5.41) is 10.9. The summed E-state index contributed by atoms with van der Waals surface area (Å²) in [5.41, 5.74) is 5.52. The molecule has 40 heavy (non-hydrogen) atoms. The van der Waals surface area contributed by atoms with Crippen LogP contribution in [-0.4, -0.2) is 15.2 Å². The van der Waals surface area contributed by atoms with Gasteiger partial charge in [-0.1, -0.05) is 82.7 Å². The highest BCUT2D eigenvalue weighted by Crippen LogP contribution is 2.43. The van der Waals surface area contributed by atoms with Crippen molar-refractivity contribution in [3.63, 3.8) is 0 Å². The van der Waals surface area contributed by atoms with Gasteiger partial charge in [0.2, 0.25) is 0 Å². The fraction of sp³-hybridized carbons (Fsp3) is 0.441. The van der Waals surface area contributed by atoms with Gasteiger partial charge in [-0.05, 0) is 79.0 Å². The second-order valence-electron chi connectivity index (χ2n) is 12.2. The Bertz CT molecular complexity index is 1580. The van der Waals surface area contributed by atoms with Gasteiger partial charge in [0.15, 0.2) is 15.8 Å². The van der Waals surface area contributed by atoms with Gasteiger partial charge in [-0.2, -0.15) is 8.76 Å². The van der Waals surface area contributed by atoms with Crippen molar-refractivity contribution in [1.29, 1.82) is 0 Å². The Labute approximate surface area is 244 Å². The third-order valence-electron chi connectivity index (χ3n) is 7.80. The van der Waals surface area contributed by atoms with E-state index in [4.69, 9.17) is 0 Å². The number of benzene rings is 2. The van der Waals surface area contributed by atoms with E-state index in [-0.39, 0.29) is 0 Å². The lowest BCUT2D eigenvalue weighted by molar-refractivity contribution is 0.0795. The van der Waals surface area contributed by atoms with Crippen molar-refractivity contribution >= 4 is 27.1 Å². The molecule has 1 aromatic heterocycles. The number of hydrogen-bond acceptors (Lipinski definition) is 4. The van der Waals surface area contributed by atoms with Gasteiger partial charge >= 0.3 is 0 Å². The van der Waals surface area contributed by atoms with E-state index in [1.807, 2.05) is 36.4 Å². The van der Waals surface area contributed by atoms with Crippen LogP contribution in [0.3, 0.4) is 0 Å². The monoisotopic (exact) mass is 572 g/mol. The van der Waals surface area contributed by atoms with E-state index in [0.29, 0.717) is 34.2 Å². The summed E-state index contributed by atoms with van der Waals surface area (Å²) in [6.45, 7) is 12.4. The second kappa shape index (κ2) is 11.3. The van der Waals surface area contributed by atoms with Crippen LogP contribution in [0.5, 0.6) is 0 Å². The van der Waals surface area contributed by atoms with Gasteiger partial charge in [0.25, 0.3) is 0 Å². The highest BCUT2D eigenvalue weighted by Gasteiger charge is 2.31. The molecular weight excluding hydrogens is 533 g/mol. The summed E-state index contributed by atoms with van der Waals surface area (Å²) in [7, 11) is -2.90. The molecule has 0 radical (unpaired) electrons.